The number of anilines is 1. The third kappa shape index (κ3) is 3.93. The third-order valence-corrected chi connectivity index (χ3v) is 5.58. The van der Waals surface area contributed by atoms with Crippen molar-refractivity contribution in [3.8, 4) is 0 Å². The van der Waals surface area contributed by atoms with Crippen LogP contribution in [0.2, 0.25) is 0 Å². The number of nitrogens with zero attached hydrogens (tertiary/aromatic N) is 1. The predicted octanol–water partition coefficient (Wildman–Crippen LogP) is 2.43. The topological polar surface area (TPSA) is 92.8 Å². The molecule has 28 heavy (non-hydrogen) atoms. The molecule has 1 N–H and O–H groups in total. The maximum Gasteiger partial charge on any atom is 0.329 e. The standard InChI is InChI=1S/C21H26N2O5/c1-12-8-10-15(11-9-12)22-18(24)14(3)28-21(27)13(2)23-19(25)16-6-4-5-7-17(16)20(23)26/h8-11,13-14,16-17H,4-7H2,1-3H3,(H,22,24)/t13-,14-,16-,17+/m0/s1. The molecule has 7 nitrogen and oxygen atoms in total. The summed E-state index contributed by atoms with van der Waals surface area (Å²) < 4.78 is 5.24. The van der Waals surface area contributed by atoms with E-state index in [0.717, 1.165) is 23.3 Å². The lowest BCUT2D eigenvalue weighted by atomic mass is 9.81. The second-order valence-corrected chi connectivity index (χ2v) is 7.65. The fourth-order valence-electron chi connectivity index (χ4n) is 3.88. The lowest BCUT2D eigenvalue weighted by molar-refractivity contribution is -0.163. The first kappa shape index (κ1) is 20.0. The van der Waals surface area contributed by atoms with Gasteiger partial charge in [-0.3, -0.25) is 19.3 Å². The van der Waals surface area contributed by atoms with Crippen LogP contribution in [0.3, 0.4) is 0 Å². The van der Waals surface area contributed by atoms with Gasteiger partial charge in [-0.2, -0.15) is 0 Å². The Morgan fingerprint density at radius 3 is 2.11 bits per heavy atom. The van der Waals surface area contributed by atoms with E-state index in [1.54, 1.807) is 12.1 Å². The largest absolute Gasteiger partial charge is 0.451 e. The Morgan fingerprint density at radius 1 is 1.04 bits per heavy atom. The minimum atomic E-state index is -1.05. The Morgan fingerprint density at radius 2 is 1.57 bits per heavy atom. The van der Waals surface area contributed by atoms with Crippen LogP contribution in [0, 0.1) is 18.8 Å². The maximum absolute atomic E-state index is 12.6. The molecule has 3 amide bonds. The number of fused-ring (bicyclic) bond motifs is 1. The number of ether oxygens (including phenoxy) is 1. The molecule has 150 valence electrons. The molecule has 1 aromatic carbocycles. The van der Waals surface area contributed by atoms with Gasteiger partial charge >= 0.3 is 5.97 Å². The number of amides is 3. The van der Waals surface area contributed by atoms with Gasteiger partial charge in [-0.15, -0.1) is 0 Å². The Hall–Kier alpha value is -2.70. The smallest absolute Gasteiger partial charge is 0.329 e. The van der Waals surface area contributed by atoms with Crippen LogP contribution in [0.4, 0.5) is 5.69 Å². The van der Waals surface area contributed by atoms with Gasteiger partial charge in [0.1, 0.15) is 6.04 Å². The number of carbonyl (C=O) groups excluding carboxylic acids is 4. The van der Waals surface area contributed by atoms with Gasteiger partial charge in [-0.05, 0) is 45.7 Å². The third-order valence-electron chi connectivity index (χ3n) is 5.58. The van der Waals surface area contributed by atoms with E-state index in [0.29, 0.717) is 18.5 Å². The molecule has 1 aliphatic heterocycles. The first-order chi connectivity index (χ1) is 13.3. The summed E-state index contributed by atoms with van der Waals surface area (Å²) in [5.41, 5.74) is 1.66. The molecule has 0 spiro atoms. The van der Waals surface area contributed by atoms with Crippen molar-refractivity contribution in [3.63, 3.8) is 0 Å². The van der Waals surface area contributed by atoms with Crippen LogP contribution in [0.25, 0.3) is 0 Å². The van der Waals surface area contributed by atoms with E-state index >= 15 is 0 Å². The van der Waals surface area contributed by atoms with Crippen molar-refractivity contribution < 1.29 is 23.9 Å². The highest BCUT2D eigenvalue weighted by Gasteiger charge is 2.51. The molecular formula is C21H26N2O5. The molecule has 7 heteroatoms. The summed E-state index contributed by atoms with van der Waals surface area (Å²) >= 11 is 0. The summed E-state index contributed by atoms with van der Waals surface area (Å²) in [5, 5.41) is 2.68. The molecule has 0 unspecified atom stereocenters. The summed E-state index contributed by atoms with van der Waals surface area (Å²) in [6.45, 7) is 4.87. The highest BCUT2D eigenvalue weighted by atomic mass is 16.5. The second kappa shape index (κ2) is 8.12. The quantitative estimate of drug-likeness (QED) is 0.620. The molecule has 4 atom stereocenters. The first-order valence-corrected chi connectivity index (χ1v) is 9.74. The van der Waals surface area contributed by atoms with E-state index < -0.39 is 24.0 Å². The molecule has 1 saturated carbocycles. The SMILES string of the molecule is Cc1ccc(NC(=O)[C@H](C)OC(=O)[C@H](C)N2C(=O)[C@H]3CCCC[C@H]3C2=O)cc1. The minimum absolute atomic E-state index is 0.295. The van der Waals surface area contributed by atoms with Crippen LogP contribution in [-0.4, -0.2) is 40.7 Å². The molecule has 0 radical (unpaired) electrons. The van der Waals surface area contributed by atoms with Gasteiger partial charge in [0.2, 0.25) is 11.8 Å². The van der Waals surface area contributed by atoms with E-state index in [-0.39, 0.29) is 23.7 Å². The fraction of sp³-hybridized carbons (Fsp3) is 0.524. The van der Waals surface area contributed by atoms with Gasteiger partial charge in [-0.25, -0.2) is 4.79 Å². The van der Waals surface area contributed by atoms with E-state index in [1.165, 1.54) is 13.8 Å². The van der Waals surface area contributed by atoms with Crippen LogP contribution >= 0.6 is 0 Å². The number of nitrogens with one attached hydrogen (secondary N) is 1. The maximum atomic E-state index is 12.6. The van der Waals surface area contributed by atoms with Gasteiger partial charge in [-0.1, -0.05) is 30.5 Å². The van der Waals surface area contributed by atoms with E-state index in [2.05, 4.69) is 5.32 Å². The van der Waals surface area contributed by atoms with Crippen LogP contribution < -0.4 is 5.32 Å². The van der Waals surface area contributed by atoms with Gasteiger partial charge in [0.15, 0.2) is 6.10 Å². The lowest BCUT2D eigenvalue weighted by Crippen LogP contribution is -2.46. The molecule has 0 aromatic heterocycles. The molecule has 1 heterocycles. The Balaban J connectivity index is 1.60. The highest BCUT2D eigenvalue weighted by molar-refractivity contribution is 6.08. The van der Waals surface area contributed by atoms with Gasteiger partial charge in [0.05, 0.1) is 11.8 Å². The summed E-state index contributed by atoms with van der Waals surface area (Å²) in [7, 11) is 0. The zero-order valence-electron chi connectivity index (χ0n) is 16.4. The number of likely N-dealkylation sites (tertiary alicyclic amines) is 1. The number of aryl methyl sites for hydroxylation is 1. The van der Waals surface area contributed by atoms with Gasteiger partial charge in [0, 0.05) is 5.69 Å². The molecule has 1 aromatic rings. The summed E-state index contributed by atoms with van der Waals surface area (Å²) in [6.07, 6.45) is 2.16. The monoisotopic (exact) mass is 386 g/mol. The van der Waals surface area contributed by atoms with Crippen LogP contribution in [0.1, 0.15) is 45.1 Å². The minimum Gasteiger partial charge on any atom is -0.451 e. The average molecular weight is 386 g/mol. The van der Waals surface area contributed by atoms with Crippen LogP contribution in [0.15, 0.2) is 24.3 Å². The van der Waals surface area contributed by atoms with E-state index in [4.69, 9.17) is 4.74 Å². The van der Waals surface area contributed by atoms with Crippen molar-refractivity contribution in [2.75, 3.05) is 5.32 Å². The molecular weight excluding hydrogens is 360 g/mol. The van der Waals surface area contributed by atoms with Gasteiger partial charge in [0.25, 0.3) is 5.91 Å². The second-order valence-electron chi connectivity index (χ2n) is 7.65. The molecule has 1 saturated heterocycles. The molecule has 2 fully saturated rings. The lowest BCUT2D eigenvalue weighted by Gasteiger charge is -2.23. The van der Waals surface area contributed by atoms with Crippen molar-refractivity contribution in [2.45, 2.75) is 58.6 Å². The molecule has 1 aliphatic carbocycles. The zero-order valence-corrected chi connectivity index (χ0v) is 16.4. The van der Waals surface area contributed by atoms with Gasteiger partial charge < -0.3 is 10.1 Å². The van der Waals surface area contributed by atoms with Crippen molar-refractivity contribution >= 4 is 29.4 Å². The number of hydrogen-bond acceptors (Lipinski definition) is 5. The Bertz CT molecular complexity index is 764. The number of benzene rings is 1. The Labute approximate surface area is 164 Å². The van der Waals surface area contributed by atoms with Crippen molar-refractivity contribution in [2.24, 2.45) is 11.8 Å². The average Bonchev–Trinajstić information content (AvgIpc) is 2.93. The number of rotatable bonds is 5. The van der Waals surface area contributed by atoms with E-state index in [1.807, 2.05) is 19.1 Å². The van der Waals surface area contributed by atoms with Crippen molar-refractivity contribution in [3.05, 3.63) is 29.8 Å². The normalized spacial score (nSPS) is 23.8. The molecule has 0 bridgehead atoms. The fourth-order valence-corrected chi connectivity index (χ4v) is 3.88. The summed E-state index contributed by atoms with van der Waals surface area (Å²) in [6, 6.07) is 6.19. The number of imide groups is 1. The van der Waals surface area contributed by atoms with Crippen molar-refractivity contribution in [1.29, 1.82) is 0 Å². The molecule has 2 aliphatic rings. The molecule has 3 rings (SSSR count). The Kier molecular flexibility index (Phi) is 5.82. The van der Waals surface area contributed by atoms with Crippen molar-refractivity contribution in [1.82, 2.24) is 4.90 Å². The predicted molar refractivity (Wildman–Crippen MR) is 102 cm³/mol. The highest BCUT2D eigenvalue weighted by Crippen LogP contribution is 2.38. The first-order valence-electron chi connectivity index (χ1n) is 9.74. The number of carbonyl (C=O) groups is 4. The zero-order chi connectivity index (χ0) is 20.4. The number of esters is 1. The van der Waals surface area contributed by atoms with Crippen LogP contribution in [-0.2, 0) is 23.9 Å². The summed E-state index contributed by atoms with van der Waals surface area (Å²) in [4.78, 5) is 51.0. The van der Waals surface area contributed by atoms with E-state index in [9.17, 15) is 19.2 Å². The number of hydrogen-bond donors (Lipinski definition) is 1. The van der Waals surface area contributed by atoms with Crippen LogP contribution in [0.5, 0.6) is 0 Å². The summed E-state index contributed by atoms with van der Waals surface area (Å²) in [5.74, 6) is -2.46.